The Hall–Kier alpha value is -2.84. The fourth-order valence-electron chi connectivity index (χ4n) is 1.85. The van der Waals surface area contributed by atoms with E-state index in [4.69, 9.17) is 5.73 Å². The summed E-state index contributed by atoms with van der Waals surface area (Å²) in [5.74, 6) is -0.568. The maximum atomic E-state index is 12.9. The van der Waals surface area contributed by atoms with Gasteiger partial charge in [-0.2, -0.15) is 5.10 Å². The number of nitrogens with zero attached hydrogens (tertiary/aromatic N) is 2. The number of nitrogen functional groups attached to an aromatic ring is 1. The molecule has 0 atom stereocenters. The maximum absolute atomic E-state index is 12.9. The molecule has 1 amide bonds. The number of aromatic nitrogens is 2. The van der Waals surface area contributed by atoms with Crippen LogP contribution in [0.1, 0.15) is 10.4 Å². The van der Waals surface area contributed by atoms with Crippen LogP contribution in [0.25, 0.3) is 0 Å². The molecule has 0 bridgehead atoms. The Kier molecular flexibility index (Phi) is 2.71. The molecule has 2 heterocycles. The average molecular weight is 296 g/mol. The number of aryl methyl sites for hydroxylation is 1. The third-order valence-corrected chi connectivity index (χ3v) is 2.89. The monoisotopic (exact) mass is 296 g/mol. The van der Waals surface area contributed by atoms with Gasteiger partial charge >= 0.3 is 6.29 Å². The smallest absolute Gasteiger partial charge is 0.395 e. The normalized spacial score (nSPS) is 15.0. The Bertz CT molecular complexity index is 729. The van der Waals surface area contributed by atoms with Crippen molar-refractivity contribution in [3.8, 4) is 11.5 Å². The van der Waals surface area contributed by atoms with Gasteiger partial charge in [-0.1, -0.05) is 0 Å². The van der Waals surface area contributed by atoms with Gasteiger partial charge in [0.05, 0.1) is 6.20 Å². The molecule has 0 saturated heterocycles. The molecule has 1 aromatic carbocycles. The Labute approximate surface area is 117 Å². The Morgan fingerprint density at radius 3 is 2.76 bits per heavy atom. The number of anilines is 2. The number of hydrogen-bond donors (Lipinski definition) is 2. The second-order valence-electron chi connectivity index (χ2n) is 4.35. The van der Waals surface area contributed by atoms with Crippen LogP contribution in [-0.2, 0) is 7.05 Å². The number of amides is 1. The number of nitrogens with two attached hydrogens (primary N) is 1. The van der Waals surface area contributed by atoms with Crippen LogP contribution in [0.4, 0.5) is 20.3 Å². The minimum atomic E-state index is -3.70. The Morgan fingerprint density at radius 2 is 2.10 bits per heavy atom. The van der Waals surface area contributed by atoms with Crippen LogP contribution in [-0.4, -0.2) is 22.0 Å². The van der Waals surface area contributed by atoms with Crippen LogP contribution < -0.4 is 20.5 Å². The molecule has 0 unspecified atom stereocenters. The van der Waals surface area contributed by atoms with E-state index in [1.165, 1.54) is 29.1 Å². The molecule has 1 aliphatic rings. The zero-order valence-corrected chi connectivity index (χ0v) is 10.8. The van der Waals surface area contributed by atoms with E-state index < -0.39 is 12.2 Å². The van der Waals surface area contributed by atoms with Crippen molar-refractivity contribution in [1.29, 1.82) is 0 Å². The third-order valence-electron chi connectivity index (χ3n) is 2.89. The number of carbonyl (C=O) groups is 1. The number of carbonyl (C=O) groups excluding carboxylic acids is 1. The molecule has 9 heteroatoms. The lowest BCUT2D eigenvalue weighted by Crippen LogP contribution is -2.25. The molecule has 3 rings (SSSR count). The summed E-state index contributed by atoms with van der Waals surface area (Å²) >= 11 is 0. The van der Waals surface area contributed by atoms with Gasteiger partial charge in [0.15, 0.2) is 11.5 Å². The summed E-state index contributed by atoms with van der Waals surface area (Å²) in [5, 5.41) is 6.36. The van der Waals surface area contributed by atoms with Gasteiger partial charge in [0, 0.05) is 18.8 Å². The zero-order valence-electron chi connectivity index (χ0n) is 10.8. The van der Waals surface area contributed by atoms with E-state index in [2.05, 4.69) is 19.9 Å². The fraction of sp³-hybridized carbons (Fsp3) is 0.167. The number of rotatable bonds is 2. The van der Waals surface area contributed by atoms with E-state index in [1.54, 1.807) is 7.05 Å². The van der Waals surface area contributed by atoms with E-state index in [-0.39, 0.29) is 28.6 Å². The van der Waals surface area contributed by atoms with Crippen molar-refractivity contribution in [2.24, 2.45) is 7.05 Å². The predicted octanol–water partition coefficient (Wildman–Crippen LogP) is 1.58. The zero-order chi connectivity index (χ0) is 15.2. The lowest BCUT2D eigenvalue weighted by atomic mass is 10.2. The summed E-state index contributed by atoms with van der Waals surface area (Å²) in [6.45, 7) is 0. The molecule has 0 radical (unpaired) electrons. The van der Waals surface area contributed by atoms with E-state index in [1.807, 2.05) is 0 Å². The van der Waals surface area contributed by atoms with Crippen LogP contribution in [0.15, 0.2) is 24.4 Å². The molecule has 3 N–H and O–H groups in total. The van der Waals surface area contributed by atoms with Crippen molar-refractivity contribution in [2.75, 3.05) is 11.1 Å². The number of ether oxygens (including phenoxy) is 2. The molecular weight excluding hydrogens is 286 g/mol. The second kappa shape index (κ2) is 4.33. The summed E-state index contributed by atoms with van der Waals surface area (Å²) in [7, 11) is 1.59. The molecule has 0 spiro atoms. The van der Waals surface area contributed by atoms with Gasteiger partial charge in [-0.25, -0.2) is 0 Å². The van der Waals surface area contributed by atoms with Crippen molar-refractivity contribution in [3.05, 3.63) is 30.0 Å². The van der Waals surface area contributed by atoms with Gasteiger partial charge in [0.1, 0.15) is 11.4 Å². The van der Waals surface area contributed by atoms with Gasteiger partial charge in [-0.15, -0.1) is 8.78 Å². The number of benzene rings is 1. The summed E-state index contributed by atoms with van der Waals surface area (Å²) in [6.07, 6.45) is -2.38. The minimum Gasteiger partial charge on any atom is -0.395 e. The van der Waals surface area contributed by atoms with E-state index in [9.17, 15) is 13.6 Å². The van der Waals surface area contributed by atoms with Gasteiger partial charge in [-0.3, -0.25) is 9.48 Å². The summed E-state index contributed by atoms with van der Waals surface area (Å²) in [4.78, 5) is 12.0. The highest BCUT2D eigenvalue weighted by Gasteiger charge is 2.43. The van der Waals surface area contributed by atoms with Gasteiger partial charge in [0.25, 0.3) is 5.91 Å². The van der Waals surface area contributed by atoms with Crippen LogP contribution >= 0.6 is 0 Å². The molecule has 0 fully saturated rings. The lowest BCUT2D eigenvalue weighted by molar-refractivity contribution is -0.286. The van der Waals surface area contributed by atoms with Gasteiger partial charge in [0.2, 0.25) is 0 Å². The fourth-order valence-corrected chi connectivity index (χ4v) is 1.85. The highest BCUT2D eigenvalue weighted by molar-refractivity contribution is 6.07. The number of halogens is 2. The van der Waals surface area contributed by atoms with E-state index >= 15 is 0 Å². The van der Waals surface area contributed by atoms with E-state index in [0.717, 1.165) is 0 Å². The van der Waals surface area contributed by atoms with Crippen molar-refractivity contribution in [3.63, 3.8) is 0 Å². The molecular formula is C12H10F2N4O3. The Balaban J connectivity index is 1.81. The number of nitrogens with one attached hydrogen (secondary N) is 1. The van der Waals surface area contributed by atoms with Crippen molar-refractivity contribution in [2.45, 2.75) is 6.29 Å². The van der Waals surface area contributed by atoms with E-state index in [0.29, 0.717) is 0 Å². The number of hydrogen-bond acceptors (Lipinski definition) is 5. The van der Waals surface area contributed by atoms with Crippen LogP contribution in [0.5, 0.6) is 11.5 Å². The quantitative estimate of drug-likeness (QED) is 0.878. The van der Waals surface area contributed by atoms with Crippen LogP contribution in [0.2, 0.25) is 0 Å². The maximum Gasteiger partial charge on any atom is 0.586 e. The predicted molar refractivity (Wildman–Crippen MR) is 68.2 cm³/mol. The molecule has 2 aromatic rings. The molecule has 0 saturated carbocycles. The highest BCUT2D eigenvalue weighted by Crippen LogP contribution is 2.42. The standard InChI is InChI=1S/C12H10F2N4O3/c1-18-10(15)7(5-16-18)11(19)17-6-2-3-8-9(4-6)21-12(13,14)20-8/h2-5H,15H2,1H3,(H,17,19). The highest BCUT2D eigenvalue weighted by atomic mass is 19.3. The van der Waals surface area contributed by atoms with Crippen molar-refractivity contribution >= 4 is 17.4 Å². The summed E-state index contributed by atoms with van der Waals surface area (Å²) in [6, 6.07) is 3.92. The third kappa shape index (κ3) is 2.33. The largest absolute Gasteiger partial charge is 0.586 e. The molecule has 1 aliphatic heterocycles. The average Bonchev–Trinajstić information content (AvgIpc) is 2.88. The van der Waals surface area contributed by atoms with Crippen molar-refractivity contribution < 1.29 is 23.0 Å². The Morgan fingerprint density at radius 1 is 1.38 bits per heavy atom. The molecule has 21 heavy (non-hydrogen) atoms. The molecule has 7 nitrogen and oxygen atoms in total. The first-order valence-corrected chi connectivity index (χ1v) is 5.84. The SMILES string of the molecule is Cn1ncc(C(=O)Nc2ccc3c(c2)OC(F)(F)O3)c1N. The lowest BCUT2D eigenvalue weighted by Gasteiger charge is -2.05. The number of fused-ring (bicyclic) bond motifs is 1. The first-order valence-electron chi connectivity index (χ1n) is 5.84. The topological polar surface area (TPSA) is 91.4 Å². The van der Waals surface area contributed by atoms with Gasteiger partial charge in [-0.05, 0) is 12.1 Å². The van der Waals surface area contributed by atoms with Gasteiger partial charge < -0.3 is 20.5 Å². The minimum absolute atomic E-state index is 0.0982. The molecule has 110 valence electrons. The summed E-state index contributed by atoms with van der Waals surface area (Å²) < 4.78 is 35.7. The summed E-state index contributed by atoms with van der Waals surface area (Å²) in [5.41, 5.74) is 6.13. The first kappa shape index (κ1) is 13.2. The van der Waals surface area contributed by atoms with Crippen molar-refractivity contribution in [1.82, 2.24) is 9.78 Å². The van der Waals surface area contributed by atoms with Crippen LogP contribution in [0.3, 0.4) is 0 Å². The molecule has 1 aromatic heterocycles. The second-order valence-corrected chi connectivity index (χ2v) is 4.35. The first-order chi connectivity index (χ1) is 9.85. The van der Waals surface area contributed by atoms with Crippen LogP contribution in [0, 0.1) is 0 Å². The number of alkyl halides is 2. The molecule has 0 aliphatic carbocycles.